The highest BCUT2D eigenvalue weighted by Gasteiger charge is 2.12. The van der Waals surface area contributed by atoms with Gasteiger partial charge >= 0.3 is 0 Å². The van der Waals surface area contributed by atoms with Crippen molar-refractivity contribution in [3.8, 4) is 0 Å². The summed E-state index contributed by atoms with van der Waals surface area (Å²) < 4.78 is 39.2. The molecule has 20 heavy (non-hydrogen) atoms. The molecular formula is C14H11F3N2O. The molecule has 0 atom stereocenters. The minimum Gasteiger partial charge on any atom is -0.398 e. The van der Waals surface area contributed by atoms with E-state index in [1.54, 1.807) is 0 Å². The number of nitrogens with two attached hydrogens (primary N) is 1. The van der Waals surface area contributed by atoms with Crippen LogP contribution in [0.2, 0.25) is 0 Å². The largest absolute Gasteiger partial charge is 0.398 e. The van der Waals surface area contributed by atoms with E-state index >= 15 is 0 Å². The molecule has 0 spiro atoms. The fraction of sp³-hybridized carbons (Fsp3) is 0.0714. The molecule has 0 heterocycles. The fourth-order valence-electron chi connectivity index (χ4n) is 1.61. The Bertz CT molecular complexity index is 663. The molecule has 0 aliphatic rings. The second kappa shape index (κ2) is 5.24. The van der Waals surface area contributed by atoms with E-state index in [1.165, 1.54) is 19.1 Å². The van der Waals surface area contributed by atoms with E-state index in [9.17, 15) is 18.0 Å². The Hall–Kier alpha value is -2.50. The minimum absolute atomic E-state index is 0.00432. The molecule has 0 aliphatic heterocycles. The maximum absolute atomic E-state index is 13.5. The van der Waals surface area contributed by atoms with Gasteiger partial charge in [-0.15, -0.1) is 0 Å². The summed E-state index contributed by atoms with van der Waals surface area (Å²) in [6.45, 7) is 1.49. The summed E-state index contributed by atoms with van der Waals surface area (Å²) in [5.41, 5.74) is 6.01. The molecule has 2 rings (SSSR count). The molecule has 2 aromatic rings. The van der Waals surface area contributed by atoms with Gasteiger partial charge in [-0.1, -0.05) is 0 Å². The molecule has 3 N–H and O–H groups in total. The van der Waals surface area contributed by atoms with E-state index < -0.39 is 23.4 Å². The summed E-state index contributed by atoms with van der Waals surface area (Å²) in [6.07, 6.45) is 0. The Labute approximate surface area is 113 Å². The lowest BCUT2D eigenvalue weighted by atomic mass is 10.1. The summed E-state index contributed by atoms with van der Waals surface area (Å²) in [5, 5.41) is 2.33. The Kier molecular flexibility index (Phi) is 3.65. The second-order valence-electron chi connectivity index (χ2n) is 4.26. The fourth-order valence-corrected chi connectivity index (χ4v) is 1.61. The normalized spacial score (nSPS) is 10.4. The van der Waals surface area contributed by atoms with Crippen molar-refractivity contribution in [1.82, 2.24) is 0 Å². The summed E-state index contributed by atoms with van der Waals surface area (Å²) >= 11 is 0. The van der Waals surface area contributed by atoms with E-state index in [0.29, 0.717) is 0 Å². The number of halogens is 3. The van der Waals surface area contributed by atoms with Crippen LogP contribution in [0, 0.1) is 24.4 Å². The van der Waals surface area contributed by atoms with Crippen LogP contribution < -0.4 is 11.1 Å². The molecule has 0 saturated carbocycles. The lowest BCUT2D eigenvalue weighted by molar-refractivity contribution is 0.102. The average molecular weight is 280 g/mol. The summed E-state index contributed by atoms with van der Waals surface area (Å²) in [4.78, 5) is 11.9. The van der Waals surface area contributed by atoms with Gasteiger partial charge in [0.1, 0.15) is 5.82 Å². The number of hydrogen-bond acceptors (Lipinski definition) is 2. The van der Waals surface area contributed by atoms with Gasteiger partial charge < -0.3 is 11.1 Å². The predicted octanol–water partition coefficient (Wildman–Crippen LogP) is 3.25. The lowest BCUT2D eigenvalue weighted by Gasteiger charge is -2.08. The van der Waals surface area contributed by atoms with Gasteiger partial charge in [0.05, 0.1) is 0 Å². The number of nitrogen functional groups attached to an aromatic ring is 1. The van der Waals surface area contributed by atoms with Crippen LogP contribution in [0.25, 0.3) is 0 Å². The Morgan fingerprint density at radius 2 is 1.75 bits per heavy atom. The molecule has 0 bridgehead atoms. The van der Waals surface area contributed by atoms with E-state index in [4.69, 9.17) is 5.73 Å². The van der Waals surface area contributed by atoms with Crippen molar-refractivity contribution < 1.29 is 18.0 Å². The molecule has 0 aliphatic carbocycles. The van der Waals surface area contributed by atoms with Gasteiger partial charge in [0, 0.05) is 28.6 Å². The molecule has 0 unspecified atom stereocenters. The van der Waals surface area contributed by atoms with Gasteiger partial charge in [0.15, 0.2) is 11.6 Å². The zero-order valence-corrected chi connectivity index (χ0v) is 10.5. The van der Waals surface area contributed by atoms with E-state index in [-0.39, 0.29) is 22.5 Å². The first-order valence-corrected chi connectivity index (χ1v) is 5.70. The van der Waals surface area contributed by atoms with Gasteiger partial charge in [-0.2, -0.15) is 0 Å². The molecule has 1 amide bonds. The van der Waals surface area contributed by atoms with Crippen LogP contribution in [0.4, 0.5) is 24.5 Å². The number of rotatable bonds is 2. The Morgan fingerprint density at radius 3 is 2.35 bits per heavy atom. The number of benzene rings is 2. The number of anilines is 2. The van der Waals surface area contributed by atoms with Gasteiger partial charge in [-0.3, -0.25) is 4.79 Å². The smallest absolute Gasteiger partial charge is 0.255 e. The van der Waals surface area contributed by atoms with Crippen LogP contribution in [-0.4, -0.2) is 5.91 Å². The zero-order valence-electron chi connectivity index (χ0n) is 10.5. The predicted molar refractivity (Wildman–Crippen MR) is 69.9 cm³/mol. The molecule has 0 saturated heterocycles. The number of carbonyl (C=O) groups excluding carboxylic acids is 1. The van der Waals surface area contributed by atoms with Gasteiger partial charge in [0.25, 0.3) is 5.91 Å². The van der Waals surface area contributed by atoms with E-state index in [0.717, 1.165) is 18.2 Å². The quantitative estimate of drug-likeness (QED) is 0.830. The van der Waals surface area contributed by atoms with Crippen LogP contribution in [0.1, 0.15) is 15.9 Å². The highest BCUT2D eigenvalue weighted by molar-refractivity contribution is 6.04. The van der Waals surface area contributed by atoms with Crippen molar-refractivity contribution in [2.75, 3.05) is 11.1 Å². The first-order chi connectivity index (χ1) is 9.38. The topological polar surface area (TPSA) is 55.1 Å². The third-order valence-corrected chi connectivity index (χ3v) is 2.82. The van der Waals surface area contributed by atoms with Gasteiger partial charge in [-0.25, -0.2) is 13.2 Å². The van der Waals surface area contributed by atoms with Crippen LogP contribution in [0.5, 0.6) is 0 Å². The van der Waals surface area contributed by atoms with Crippen LogP contribution in [0.3, 0.4) is 0 Å². The van der Waals surface area contributed by atoms with E-state index in [1.807, 2.05) is 0 Å². The van der Waals surface area contributed by atoms with Crippen molar-refractivity contribution in [2.24, 2.45) is 0 Å². The van der Waals surface area contributed by atoms with Crippen LogP contribution >= 0.6 is 0 Å². The van der Waals surface area contributed by atoms with Crippen molar-refractivity contribution in [1.29, 1.82) is 0 Å². The van der Waals surface area contributed by atoms with Crippen molar-refractivity contribution in [3.05, 3.63) is 58.9 Å². The highest BCUT2D eigenvalue weighted by atomic mass is 19.2. The minimum atomic E-state index is -1.09. The SMILES string of the molecule is Cc1c(N)cc(C(=O)Nc2ccc(F)c(F)c2)cc1F. The molecular weight excluding hydrogens is 269 g/mol. The summed E-state index contributed by atoms with van der Waals surface area (Å²) in [5.74, 6) is -3.38. The Balaban J connectivity index is 2.26. The lowest BCUT2D eigenvalue weighted by Crippen LogP contribution is -2.13. The molecule has 104 valence electrons. The average Bonchev–Trinajstić information content (AvgIpc) is 2.39. The monoisotopic (exact) mass is 280 g/mol. The van der Waals surface area contributed by atoms with Crippen LogP contribution in [-0.2, 0) is 0 Å². The first-order valence-electron chi connectivity index (χ1n) is 5.70. The van der Waals surface area contributed by atoms with E-state index in [2.05, 4.69) is 5.32 Å². The molecule has 0 radical (unpaired) electrons. The number of amides is 1. The van der Waals surface area contributed by atoms with Gasteiger partial charge in [0.2, 0.25) is 0 Å². The third-order valence-electron chi connectivity index (χ3n) is 2.82. The van der Waals surface area contributed by atoms with Crippen molar-refractivity contribution in [2.45, 2.75) is 6.92 Å². The molecule has 0 aromatic heterocycles. The number of nitrogens with one attached hydrogen (secondary N) is 1. The third kappa shape index (κ3) is 2.74. The zero-order chi connectivity index (χ0) is 14.9. The van der Waals surface area contributed by atoms with Crippen molar-refractivity contribution >= 4 is 17.3 Å². The first kappa shape index (κ1) is 13.9. The Morgan fingerprint density at radius 1 is 1.05 bits per heavy atom. The number of carbonyl (C=O) groups is 1. The summed E-state index contributed by atoms with van der Waals surface area (Å²) in [6, 6.07) is 5.26. The second-order valence-corrected chi connectivity index (χ2v) is 4.26. The molecule has 6 heteroatoms. The summed E-state index contributed by atoms with van der Waals surface area (Å²) in [7, 11) is 0. The molecule has 3 nitrogen and oxygen atoms in total. The molecule has 2 aromatic carbocycles. The maximum Gasteiger partial charge on any atom is 0.255 e. The highest BCUT2D eigenvalue weighted by Crippen LogP contribution is 2.19. The standard InChI is InChI=1S/C14H11F3N2O/c1-7-11(16)4-8(5-13(7)18)14(20)19-9-2-3-10(15)12(17)6-9/h2-6H,18H2,1H3,(H,19,20). The number of hydrogen-bond donors (Lipinski definition) is 2. The maximum atomic E-state index is 13.5. The van der Waals surface area contributed by atoms with Crippen molar-refractivity contribution in [3.63, 3.8) is 0 Å². The van der Waals surface area contributed by atoms with Gasteiger partial charge in [-0.05, 0) is 31.2 Å². The molecule has 0 fully saturated rings. The van der Waals surface area contributed by atoms with Crippen LogP contribution in [0.15, 0.2) is 30.3 Å².